The van der Waals surface area contributed by atoms with Crippen LogP contribution in [0.5, 0.6) is 11.5 Å². The van der Waals surface area contributed by atoms with E-state index in [2.05, 4.69) is 0 Å². The number of rotatable bonds is 3. The molecule has 0 saturated carbocycles. The van der Waals surface area contributed by atoms with Crippen LogP contribution in [0.25, 0.3) is 0 Å². The Bertz CT molecular complexity index is 782. The quantitative estimate of drug-likeness (QED) is 0.890. The minimum Gasteiger partial charge on any atom is -0.508 e. The van der Waals surface area contributed by atoms with Crippen molar-refractivity contribution in [2.45, 2.75) is 6.42 Å². The molecule has 1 fully saturated rings. The lowest BCUT2D eigenvalue weighted by molar-refractivity contribution is -0.131. The van der Waals surface area contributed by atoms with Crippen LogP contribution in [0.2, 0.25) is 0 Å². The fourth-order valence-corrected chi connectivity index (χ4v) is 2.92. The van der Waals surface area contributed by atoms with Gasteiger partial charge in [0.15, 0.2) is 0 Å². The van der Waals surface area contributed by atoms with E-state index in [0.29, 0.717) is 37.3 Å². The van der Waals surface area contributed by atoms with E-state index in [4.69, 9.17) is 0 Å². The summed E-state index contributed by atoms with van der Waals surface area (Å²) in [6, 6.07) is 13.1. The second-order valence-electron chi connectivity index (χ2n) is 6.03. The smallest absolute Gasteiger partial charge is 0.254 e. The van der Waals surface area contributed by atoms with Crippen LogP contribution in [0, 0.1) is 0 Å². The second-order valence-corrected chi connectivity index (χ2v) is 6.03. The van der Waals surface area contributed by atoms with Gasteiger partial charge in [0.2, 0.25) is 5.91 Å². The maximum absolute atomic E-state index is 12.4. The maximum atomic E-state index is 12.4. The van der Waals surface area contributed by atoms with E-state index < -0.39 is 0 Å². The summed E-state index contributed by atoms with van der Waals surface area (Å²) in [6.45, 7) is 1.80. The first-order valence-corrected chi connectivity index (χ1v) is 8.17. The average Bonchev–Trinajstić information content (AvgIpc) is 2.63. The van der Waals surface area contributed by atoms with Crippen LogP contribution in [0.15, 0.2) is 48.5 Å². The van der Waals surface area contributed by atoms with Crippen LogP contribution in [0.4, 0.5) is 0 Å². The SMILES string of the molecule is O=C(Cc1ccccc1O)N1CCN(C(=O)c2cccc(O)c2)CC1. The Labute approximate surface area is 145 Å². The molecule has 2 amide bonds. The van der Waals surface area contributed by atoms with Gasteiger partial charge in [0, 0.05) is 37.3 Å². The number of phenolic OH excluding ortho intramolecular Hbond substituents is 2. The molecular weight excluding hydrogens is 320 g/mol. The number of nitrogens with zero attached hydrogens (tertiary/aromatic N) is 2. The Kier molecular flexibility index (Phi) is 4.88. The number of para-hydroxylation sites is 1. The molecule has 6 heteroatoms. The number of piperazine rings is 1. The summed E-state index contributed by atoms with van der Waals surface area (Å²) in [5.41, 5.74) is 1.04. The summed E-state index contributed by atoms with van der Waals surface area (Å²) in [4.78, 5) is 28.2. The van der Waals surface area contributed by atoms with Gasteiger partial charge in [-0.1, -0.05) is 24.3 Å². The first-order chi connectivity index (χ1) is 12.0. The number of phenols is 2. The zero-order valence-corrected chi connectivity index (χ0v) is 13.8. The molecule has 0 atom stereocenters. The third-order valence-corrected chi connectivity index (χ3v) is 4.35. The monoisotopic (exact) mass is 340 g/mol. The highest BCUT2D eigenvalue weighted by Crippen LogP contribution is 2.18. The number of benzene rings is 2. The van der Waals surface area contributed by atoms with Crippen LogP contribution < -0.4 is 0 Å². The summed E-state index contributed by atoms with van der Waals surface area (Å²) >= 11 is 0. The van der Waals surface area contributed by atoms with Gasteiger partial charge < -0.3 is 20.0 Å². The third kappa shape index (κ3) is 3.91. The molecule has 6 nitrogen and oxygen atoms in total. The summed E-state index contributed by atoms with van der Waals surface area (Å²) in [6.07, 6.45) is 0.146. The summed E-state index contributed by atoms with van der Waals surface area (Å²) in [5, 5.41) is 19.3. The molecule has 0 spiro atoms. The Morgan fingerprint density at radius 2 is 1.56 bits per heavy atom. The topological polar surface area (TPSA) is 81.1 Å². The lowest BCUT2D eigenvalue weighted by atomic mass is 10.1. The standard InChI is InChI=1S/C19H20N2O4/c22-16-6-3-5-15(12-16)19(25)21-10-8-20(9-11-21)18(24)13-14-4-1-2-7-17(14)23/h1-7,12,22-23H,8-11,13H2. The van der Waals surface area contributed by atoms with Gasteiger partial charge in [0.1, 0.15) is 11.5 Å². The van der Waals surface area contributed by atoms with Gasteiger partial charge in [0.05, 0.1) is 6.42 Å². The molecule has 1 saturated heterocycles. The fourth-order valence-electron chi connectivity index (χ4n) is 2.92. The first kappa shape index (κ1) is 16.8. The molecule has 0 radical (unpaired) electrons. The molecule has 0 unspecified atom stereocenters. The van der Waals surface area contributed by atoms with E-state index in [1.807, 2.05) is 0 Å². The number of carbonyl (C=O) groups excluding carboxylic acids is 2. The van der Waals surface area contributed by atoms with Crippen LogP contribution >= 0.6 is 0 Å². The van der Waals surface area contributed by atoms with E-state index in [1.165, 1.54) is 12.1 Å². The Morgan fingerprint density at radius 1 is 0.880 bits per heavy atom. The minimum atomic E-state index is -0.149. The van der Waals surface area contributed by atoms with Crippen LogP contribution in [-0.4, -0.2) is 58.0 Å². The van der Waals surface area contributed by atoms with Crippen molar-refractivity contribution in [3.8, 4) is 11.5 Å². The number of amides is 2. The van der Waals surface area contributed by atoms with Crippen molar-refractivity contribution in [2.24, 2.45) is 0 Å². The van der Waals surface area contributed by atoms with Crippen molar-refractivity contribution in [1.29, 1.82) is 0 Å². The van der Waals surface area contributed by atoms with E-state index in [9.17, 15) is 19.8 Å². The molecule has 2 aromatic carbocycles. The molecule has 130 valence electrons. The maximum Gasteiger partial charge on any atom is 0.254 e. The third-order valence-electron chi connectivity index (χ3n) is 4.35. The van der Waals surface area contributed by atoms with Gasteiger partial charge in [0.25, 0.3) is 5.91 Å². The highest BCUT2D eigenvalue weighted by atomic mass is 16.3. The van der Waals surface area contributed by atoms with Gasteiger partial charge >= 0.3 is 0 Å². The molecule has 1 aliphatic heterocycles. The van der Waals surface area contributed by atoms with Crippen molar-refractivity contribution in [3.05, 3.63) is 59.7 Å². The molecular formula is C19H20N2O4. The number of carbonyl (C=O) groups is 2. The van der Waals surface area contributed by atoms with Gasteiger partial charge in [-0.2, -0.15) is 0 Å². The first-order valence-electron chi connectivity index (χ1n) is 8.17. The lowest BCUT2D eigenvalue weighted by Crippen LogP contribution is -2.51. The molecule has 0 aromatic heterocycles. The number of hydrogen-bond donors (Lipinski definition) is 2. The Hall–Kier alpha value is -3.02. The summed E-state index contributed by atoms with van der Waals surface area (Å²) in [5.74, 6) is -0.0365. The van der Waals surface area contributed by atoms with Gasteiger partial charge in [-0.05, 0) is 24.3 Å². The molecule has 1 aliphatic rings. The molecule has 2 aromatic rings. The van der Waals surface area contributed by atoms with E-state index in [-0.39, 0.29) is 29.7 Å². The van der Waals surface area contributed by atoms with Crippen LogP contribution in [-0.2, 0) is 11.2 Å². The lowest BCUT2D eigenvalue weighted by Gasteiger charge is -2.35. The summed E-state index contributed by atoms with van der Waals surface area (Å²) in [7, 11) is 0. The largest absolute Gasteiger partial charge is 0.508 e. The van der Waals surface area contributed by atoms with E-state index in [0.717, 1.165) is 0 Å². The number of hydrogen-bond acceptors (Lipinski definition) is 4. The van der Waals surface area contributed by atoms with E-state index in [1.54, 1.807) is 46.2 Å². The predicted octanol–water partition coefficient (Wildman–Crippen LogP) is 1.62. The van der Waals surface area contributed by atoms with Crippen molar-refractivity contribution < 1.29 is 19.8 Å². The Balaban J connectivity index is 1.57. The zero-order valence-electron chi connectivity index (χ0n) is 13.8. The zero-order chi connectivity index (χ0) is 17.8. The van der Waals surface area contributed by atoms with Crippen molar-refractivity contribution in [2.75, 3.05) is 26.2 Å². The fraction of sp³-hybridized carbons (Fsp3) is 0.263. The van der Waals surface area contributed by atoms with Gasteiger partial charge in [-0.15, -0.1) is 0 Å². The highest BCUT2D eigenvalue weighted by Gasteiger charge is 2.25. The van der Waals surface area contributed by atoms with Gasteiger partial charge in [-0.3, -0.25) is 9.59 Å². The highest BCUT2D eigenvalue weighted by molar-refractivity contribution is 5.94. The van der Waals surface area contributed by atoms with Crippen molar-refractivity contribution in [1.82, 2.24) is 9.80 Å². The molecule has 25 heavy (non-hydrogen) atoms. The molecule has 0 aliphatic carbocycles. The summed E-state index contributed by atoms with van der Waals surface area (Å²) < 4.78 is 0. The van der Waals surface area contributed by atoms with Gasteiger partial charge in [-0.25, -0.2) is 0 Å². The molecule has 2 N–H and O–H groups in total. The van der Waals surface area contributed by atoms with E-state index >= 15 is 0 Å². The Morgan fingerprint density at radius 3 is 2.24 bits per heavy atom. The molecule has 1 heterocycles. The van der Waals surface area contributed by atoms with Crippen LogP contribution in [0.3, 0.4) is 0 Å². The minimum absolute atomic E-state index is 0.0577. The van der Waals surface area contributed by atoms with Crippen molar-refractivity contribution >= 4 is 11.8 Å². The number of aromatic hydroxyl groups is 2. The predicted molar refractivity (Wildman–Crippen MR) is 92.4 cm³/mol. The molecule has 0 bridgehead atoms. The average molecular weight is 340 g/mol. The second kappa shape index (κ2) is 7.25. The van der Waals surface area contributed by atoms with Crippen molar-refractivity contribution in [3.63, 3.8) is 0 Å². The van der Waals surface area contributed by atoms with Crippen LogP contribution in [0.1, 0.15) is 15.9 Å². The molecule has 3 rings (SSSR count). The normalized spacial score (nSPS) is 14.4.